The Bertz CT molecular complexity index is 1850. The van der Waals surface area contributed by atoms with Crippen molar-refractivity contribution in [2.75, 3.05) is 12.0 Å². The average molecular weight is 645 g/mol. The molecule has 1 aromatic heterocycles. The number of thiazole rings is 1. The lowest BCUT2D eigenvalue weighted by Gasteiger charge is -2.43. The molecule has 44 heavy (non-hydrogen) atoms. The van der Waals surface area contributed by atoms with Crippen molar-refractivity contribution in [3.8, 4) is 11.5 Å². The lowest BCUT2D eigenvalue weighted by molar-refractivity contribution is -0.123. The van der Waals surface area contributed by atoms with Crippen molar-refractivity contribution < 1.29 is 19.1 Å². The highest BCUT2D eigenvalue weighted by Gasteiger charge is 2.69. The highest BCUT2D eigenvalue weighted by atomic mass is 35.5. The maximum Gasteiger partial charge on any atom is 0.305 e. The SMILES string of the molecule is COc1cc(C2c3sc(=O)[nH]c3SC3C2[C@H]2C[C@@H]3C3C(=O)N(c4ccc(Cl)cc4)C(=O)C32)ccc1OCc1ccc(C)cc1. The molecule has 5 unspecified atom stereocenters. The van der Waals surface area contributed by atoms with Crippen molar-refractivity contribution in [3.63, 3.8) is 0 Å². The number of aryl methyl sites for hydroxylation is 1. The molecule has 4 aliphatic rings. The van der Waals surface area contributed by atoms with E-state index in [4.69, 9.17) is 21.1 Å². The van der Waals surface area contributed by atoms with Crippen LogP contribution in [0, 0.1) is 36.5 Å². The number of imide groups is 1. The van der Waals surface area contributed by atoms with Crippen molar-refractivity contribution in [1.29, 1.82) is 0 Å². The second-order valence-corrected chi connectivity index (χ2v) is 14.8. The molecular weight excluding hydrogens is 616 g/mol. The minimum absolute atomic E-state index is 0.0232. The van der Waals surface area contributed by atoms with Crippen LogP contribution in [0.4, 0.5) is 5.69 Å². The van der Waals surface area contributed by atoms with Gasteiger partial charge in [0.25, 0.3) is 0 Å². The van der Waals surface area contributed by atoms with Gasteiger partial charge in [0.2, 0.25) is 11.8 Å². The summed E-state index contributed by atoms with van der Waals surface area (Å²) in [6.07, 6.45) is 0.828. The van der Waals surface area contributed by atoms with Gasteiger partial charge in [0.05, 0.1) is 29.7 Å². The minimum Gasteiger partial charge on any atom is -0.493 e. The van der Waals surface area contributed by atoms with Gasteiger partial charge in [-0.25, -0.2) is 0 Å². The first-order valence-electron chi connectivity index (χ1n) is 14.7. The van der Waals surface area contributed by atoms with Crippen LogP contribution in [-0.4, -0.2) is 29.2 Å². The Kier molecular flexibility index (Phi) is 6.70. The number of benzene rings is 3. The minimum atomic E-state index is -0.372. The van der Waals surface area contributed by atoms with Crippen LogP contribution in [0.25, 0.3) is 0 Å². The average Bonchev–Trinajstić information content (AvgIpc) is 3.76. The molecule has 3 heterocycles. The van der Waals surface area contributed by atoms with E-state index in [1.54, 1.807) is 43.1 Å². The van der Waals surface area contributed by atoms with Crippen molar-refractivity contribution in [2.45, 2.75) is 36.1 Å². The van der Waals surface area contributed by atoms with Crippen molar-refractivity contribution in [3.05, 3.63) is 103 Å². The molecule has 3 aromatic carbocycles. The second kappa shape index (κ2) is 10.5. The molecule has 1 N–H and O–H groups in total. The Labute approximate surface area is 267 Å². The first-order chi connectivity index (χ1) is 21.3. The maximum atomic E-state index is 14.0. The standard InChI is InChI=1S/C34H29ClN2O5S2/c1-16-3-5-17(6-4-16)15-42-23-12-7-18(13-24(23)41-2)25-26-21-14-22(29(26)43-31-30(25)44-34(40)36-31)28-27(21)32(38)37(33(28)39)20-10-8-19(35)9-11-20/h3-13,21-22,25-29H,14-15H2,1-2H3,(H,36,40)/t21-,22-,25?,26?,27?,28?,29?/m1/s1. The number of nitrogens with one attached hydrogen (secondary N) is 1. The first kappa shape index (κ1) is 28.0. The number of H-pyrrole nitrogens is 1. The summed E-state index contributed by atoms with van der Waals surface area (Å²) >= 11 is 9.02. The molecular formula is C34H29ClN2O5S2. The van der Waals surface area contributed by atoms with Gasteiger partial charge < -0.3 is 14.5 Å². The summed E-state index contributed by atoms with van der Waals surface area (Å²) in [5.41, 5.74) is 3.85. The number of carbonyl (C=O) groups is 2. The van der Waals surface area contributed by atoms with E-state index in [1.165, 1.54) is 21.8 Å². The predicted molar refractivity (Wildman–Crippen MR) is 171 cm³/mol. The van der Waals surface area contributed by atoms with E-state index in [0.29, 0.717) is 28.8 Å². The zero-order valence-corrected chi connectivity index (χ0v) is 26.4. The molecule has 8 rings (SSSR count). The number of aromatic amines is 1. The van der Waals surface area contributed by atoms with Gasteiger partial charge in [0.15, 0.2) is 11.5 Å². The van der Waals surface area contributed by atoms with Crippen LogP contribution >= 0.6 is 34.7 Å². The zero-order chi connectivity index (χ0) is 30.3. The molecule has 224 valence electrons. The summed E-state index contributed by atoms with van der Waals surface area (Å²) in [6, 6.07) is 21.1. The zero-order valence-electron chi connectivity index (χ0n) is 24.0. The van der Waals surface area contributed by atoms with Gasteiger partial charge >= 0.3 is 4.87 Å². The summed E-state index contributed by atoms with van der Waals surface area (Å²) in [4.78, 5) is 45.8. The van der Waals surface area contributed by atoms with Gasteiger partial charge in [-0.1, -0.05) is 58.8 Å². The third kappa shape index (κ3) is 4.27. The molecule has 2 bridgehead atoms. The second-order valence-electron chi connectivity index (χ2n) is 12.1. The lowest BCUT2D eigenvalue weighted by Crippen LogP contribution is -2.42. The summed E-state index contributed by atoms with van der Waals surface area (Å²) < 4.78 is 12.0. The predicted octanol–water partition coefficient (Wildman–Crippen LogP) is 6.66. The molecule has 2 amide bonds. The summed E-state index contributed by atoms with van der Waals surface area (Å²) in [7, 11) is 1.63. The van der Waals surface area contributed by atoms with Crippen LogP contribution in [0.2, 0.25) is 5.02 Å². The van der Waals surface area contributed by atoms with E-state index < -0.39 is 0 Å². The van der Waals surface area contributed by atoms with Crippen LogP contribution in [0.5, 0.6) is 11.5 Å². The number of hydrogen-bond donors (Lipinski definition) is 1. The number of carbonyl (C=O) groups excluding carboxylic acids is 2. The number of amides is 2. The van der Waals surface area contributed by atoms with Gasteiger partial charge in [-0.05, 0) is 78.6 Å². The van der Waals surface area contributed by atoms with E-state index in [1.807, 2.05) is 12.1 Å². The van der Waals surface area contributed by atoms with Gasteiger partial charge in [0, 0.05) is 21.1 Å². The summed E-state index contributed by atoms with van der Waals surface area (Å²) in [5, 5.41) is 1.54. The molecule has 7 nitrogen and oxygen atoms in total. The van der Waals surface area contributed by atoms with Crippen molar-refractivity contribution in [2.24, 2.45) is 29.6 Å². The quantitative estimate of drug-likeness (QED) is 0.236. The molecule has 0 radical (unpaired) electrons. The molecule has 2 saturated carbocycles. The van der Waals surface area contributed by atoms with Crippen molar-refractivity contribution >= 4 is 52.2 Å². The number of rotatable bonds is 6. The van der Waals surface area contributed by atoms with Gasteiger partial charge in [0.1, 0.15) is 6.61 Å². The van der Waals surface area contributed by atoms with Crippen LogP contribution in [-0.2, 0) is 16.2 Å². The van der Waals surface area contributed by atoms with Gasteiger partial charge in [-0.2, -0.15) is 0 Å². The molecule has 2 aliphatic carbocycles. The third-order valence-electron chi connectivity index (χ3n) is 9.87. The molecule has 10 heteroatoms. The number of anilines is 1. The number of fused-ring (bicyclic) bond motifs is 9. The Balaban J connectivity index is 1.14. The van der Waals surface area contributed by atoms with E-state index in [-0.39, 0.29) is 57.4 Å². The Morgan fingerprint density at radius 3 is 2.39 bits per heavy atom. The number of hydrogen-bond acceptors (Lipinski definition) is 7. The molecule has 2 aliphatic heterocycles. The van der Waals surface area contributed by atoms with Crippen LogP contribution in [0.3, 0.4) is 0 Å². The highest BCUT2D eigenvalue weighted by molar-refractivity contribution is 8.00. The van der Waals surface area contributed by atoms with Crippen LogP contribution in [0.15, 0.2) is 76.6 Å². The summed E-state index contributed by atoms with van der Waals surface area (Å²) in [6.45, 7) is 2.47. The Morgan fingerprint density at radius 2 is 1.66 bits per heavy atom. The molecule has 3 fully saturated rings. The number of nitrogens with zero attached hydrogens (tertiary/aromatic N) is 1. The van der Waals surface area contributed by atoms with Crippen LogP contribution < -0.4 is 19.2 Å². The fraction of sp³-hybridized carbons (Fsp3) is 0.324. The topological polar surface area (TPSA) is 88.7 Å². The lowest BCUT2D eigenvalue weighted by atomic mass is 9.68. The fourth-order valence-corrected chi connectivity index (χ4v) is 11.1. The van der Waals surface area contributed by atoms with E-state index in [2.05, 4.69) is 42.2 Å². The molecule has 0 spiro atoms. The smallest absolute Gasteiger partial charge is 0.305 e. The summed E-state index contributed by atoms with van der Waals surface area (Å²) in [5.74, 6) is 0.358. The fourth-order valence-electron chi connectivity index (χ4n) is 8.08. The molecule has 1 saturated heterocycles. The van der Waals surface area contributed by atoms with E-state index in [9.17, 15) is 14.4 Å². The Morgan fingerprint density at radius 1 is 0.932 bits per heavy atom. The number of aromatic nitrogens is 1. The van der Waals surface area contributed by atoms with E-state index in [0.717, 1.165) is 27.5 Å². The third-order valence-corrected chi connectivity index (χ3v) is 12.7. The van der Waals surface area contributed by atoms with Crippen molar-refractivity contribution in [1.82, 2.24) is 4.98 Å². The number of methoxy groups -OCH3 is 1. The molecule has 7 atom stereocenters. The normalized spacial score (nSPS) is 28.2. The number of halogens is 1. The van der Waals surface area contributed by atoms with Crippen LogP contribution in [0.1, 0.15) is 33.9 Å². The van der Waals surface area contributed by atoms with Gasteiger partial charge in [-0.3, -0.25) is 19.3 Å². The Hall–Kier alpha value is -3.53. The van der Waals surface area contributed by atoms with Gasteiger partial charge in [-0.15, -0.1) is 11.8 Å². The number of thioether (sulfide) groups is 1. The molecule has 4 aromatic rings. The monoisotopic (exact) mass is 644 g/mol. The largest absolute Gasteiger partial charge is 0.493 e. The van der Waals surface area contributed by atoms with E-state index >= 15 is 0 Å². The maximum absolute atomic E-state index is 14.0. The first-order valence-corrected chi connectivity index (χ1v) is 16.8. The highest BCUT2D eigenvalue weighted by Crippen LogP contribution is 2.68. The number of ether oxygens (including phenoxy) is 2.